The summed E-state index contributed by atoms with van der Waals surface area (Å²) in [4.78, 5) is 11.1. The molecule has 5 N–H and O–H groups in total. The molecule has 0 aliphatic heterocycles. The minimum atomic E-state index is -4.73. The molecule has 0 heterocycles. The quantitative estimate of drug-likeness (QED) is 0.765. The van der Waals surface area contributed by atoms with E-state index in [0.717, 1.165) is 31.2 Å². The van der Waals surface area contributed by atoms with Gasteiger partial charge in [0.15, 0.2) is 0 Å². The standard InChI is InChI=1S/C11H13F3N2O2/c1-10(16,9(15)18)8(11(12,13)14)6-2-4-7(17)5-3-6/h2-5,8,17H,16H2,1H3,(H2,15,18)/t8-,10+/m0/s1. The van der Waals surface area contributed by atoms with Crippen LogP contribution in [0.3, 0.4) is 0 Å². The summed E-state index contributed by atoms with van der Waals surface area (Å²) in [6.07, 6.45) is -4.73. The van der Waals surface area contributed by atoms with E-state index in [1.807, 2.05) is 0 Å². The van der Waals surface area contributed by atoms with Crippen molar-refractivity contribution in [2.24, 2.45) is 11.5 Å². The van der Waals surface area contributed by atoms with Crippen LogP contribution in [0.25, 0.3) is 0 Å². The molecule has 18 heavy (non-hydrogen) atoms. The van der Waals surface area contributed by atoms with E-state index in [2.05, 4.69) is 0 Å². The van der Waals surface area contributed by atoms with Gasteiger partial charge in [0.05, 0.1) is 0 Å². The first-order valence-electron chi connectivity index (χ1n) is 5.01. The molecule has 0 bridgehead atoms. The van der Waals surface area contributed by atoms with Crippen molar-refractivity contribution in [3.8, 4) is 5.75 Å². The highest BCUT2D eigenvalue weighted by molar-refractivity contribution is 5.85. The lowest BCUT2D eigenvalue weighted by Crippen LogP contribution is -2.57. The molecule has 0 aliphatic carbocycles. The van der Waals surface area contributed by atoms with Crippen molar-refractivity contribution < 1.29 is 23.1 Å². The first kappa shape index (κ1) is 14.3. The normalized spacial score (nSPS) is 16.9. The number of benzene rings is 1. The highest BCUT2D eigenvalue weighted by Crippen LogP contribution is 2.41. The van der Waals surface area contributed by atoms with E-state index in [1.165, 1.54) is 0 Å². The monoisotopic (exact) mass is 262 g/mol. The van der Waals surface area contributed by atoms with Gasteiger partial charge in [0, 0.05) is 0 Å². The van der Waals surface area contributed by atoms with Gasteiger partial charge in [-0.05, 0) is 24.6 Å². The molecule has 0 aromatic heterocycles. The van der Waals surface area contributed by atoms with Gasteiger partial charge >= 0.3 is 6.18 Å². The number of carbonyl (C=O) groups is 1. The smallest absolute Gasteiger partial charge is 0.398 e. The van der Waals surface area contributed by atoms with E-state index in [1.54, 1.807) is 0 Å². The van der Waals surface area contributed by atoms with Crippen LogP contribution in [-0.4, -0.2) is 22.7 Å². The third kappa shape index (κ3) is 2.73. The molecule has 0 aliphatic rings. The summed E-state index contributed by atoms with van der Waals surface area (Å²) >= 11 is 0. The van der Waals surface area contributed by atoms with Crippen molar-refractivity contribution in [1.29, 1.82) is 0 Å². The molecule has 0 spiro atoms. The zero-order chi connectivity index (χ0) is 14.1. The van der Waals surface area contributed by atoms with Gasteiger partial charge < -0.3 is 16.6 Å². The van der Waals surface area contributed by atoms with Crippen LogP contribution in [0.5, 0.6) is 5.75 Å². The summed E-state index contributed by atoms with van der Waals surface area (Å²) in [7, 11) is 0. The number of phenolic OH excluding ortho intramolecular Hbond substituents is 1. The summed E-state index contributed by atoms with van der Waals surface area (Å²) < 4.78 is 39.0. The zero-order valence-corrected chi connectivity index (χ0v) is 9.53. The summed E-state index contributed by atoms with van der Waals surface area (Å²) in [5, 5.41) is 9.05. The average molecular weight is 262 g/mol. The maximum absolute atomic E-state index is 13.0. The van der Waals surface area contributed by atoms with E-state index >= 15 is 0 Å². The van der Waals surface area contributed by atoms with Crippen LogP contribution >= 0.6 is 0 Å². The number of hydrogen-bond donors (Lipinski definition) is 3. The maximum Gasteiger partial charge on any atom is 0.398 e. The summed E-state index contributed by atoms with van der Waals surface area (Å²) in [6, 6.07) is 4.29. The third-order valence-corrected chi connectivity index (χ3v) is 2.68. The van der Waals surface area contributed by atoms with Gasteiger partial charge in [-0.2, -0.15) is 13.2 Å². The predicted molar refractivity (Wildman–Crippen MR) is 58.7 cm³/mol. The summed E-state index contributed by atoms with van der Waals surface area (Å²) in [5.74, 6) is -3.67. The first-order chi connectivity index (χ1) is 8.06. The second kappa shape index (κ2) is 4.49. The van der Waals surface area contributed by atoms with Crippen molar-refractivity contribution in [3.63, 3.8) is 0 Å². The van der Waals surface area contributed by atoms with Crippen molar-refractivity contribution >= 4 is 5.91 Å². The fourth-order valence-corrected chi connectivity index (χ4v) is 1.68. The van der Waals surface area contributed by atoms with Crippen LogP contribution in [0.1, 0.15) is 18.4 Å². The Kier molecular flexibility index (Phi) is 3.57. The molecule has 7 heteroatoms. The lowest BCUT2D eigenvalue weighted by Gasteiger charge is -2.33. The number of carbonyl (C=O) groups excluding carboxylic acids is 1. The number of alkyl halides is 3. The summed E-state index contributed by atoms with van der Waals surface area (Å²) in [5.41, 5.74) is 7.82. The van der Waals surface area contributed by atoms with Gasteiger partial charge in [0.2, 0.25) is 5.91 Å². The Labute approximate surface area is 101 Å². The van der Waals surface area contributed by atoms with Crippen molar-refractivity contribution in [2.45, 2.75) is 24.6 Å². The number of primary amides is 1. The number of halogens is 3. The van der Waals surface area contributed by atoms with E-state index in [-0.39, 0.29) is 11.3 Å². The summed E-state index contributed by atoms with van der Waals surface area (Å²) in [6.45, 7) is 0.931. The predicted octanol–water partition coefficient (Wildman–Crippen LogP) is 1.24. The van der Waals surface area contributed by atoms with Gasteiger partial charge in [-0.1, -0.05) is 12.1 Å². The number of rotatable bonds is 3. The molecular weight excluding hydrogens is 249 g/mol. The number of hydrogen-bond acceptors (Lipinski definition) is 3. The first-order valence-corrected chi connectivity index (χ1v) is 5.01. The lowest BCUT2D eigenvalue weighted by atomic mass is 9.80. The zero-order valence-electron chi connectivity index (χ0n) is 9.53. The minimum absolute atomic E-state index is 0.183. The van der Waals surface area contributed by atoms with Gasteiger partial charge in [0.25, 0.3) is 0 Å². The topological polar surface area (TPSA) is 89.3 Å². The third-order valence-electron chi connectivity index (χ3n) is 2.68. The second-order valence-corrected chi connectivity index (χ2v) is 4.21. The molecule has 0 saturated carbocycles. The van der Waals surface area contributed by atoms with Crippen LogP contribution in [-0.2, 0) is 4.79 Å². The minimum Gasteiger partial charge on any atom is -0.508 e. The largest absolute Gasteiger partial charge is 0.508 e. The molecular formula is C11H13F3N2O2. The molecule has 1 amide bonds. The molecule has 1 aromatic carbocycles. The molecule has 0 fully saturated rings. The van der Waals surface area contributed by atoms with Crippen molar-refractivity contribution in [1.82, 2.24) is 0 Å². The van der Waals surface area contributed by atoms with Crippen molar-refractivity contribution in [2.75, 3.05) is 0 Å². The Morgan fingerprint density at radius 2 is 1.72 bits per heavy atom. The van der Waals surface area contributed by atoms with E-state index < -0.39 is 23.5 Å². The molecule has 1 aromatic rings. The molecule has 2 atom stereocenters. The molecule has 0 radical (unpaired) electrons. The number of phenols is 1. The molecule has 0 saturated heterocycles. The highest BCUT2D eigenvalue weighted by atomic mass is 19.4. The Bertz CT molecular complexity index is 441. The maximum atomic E-state index is 13.0. The second-order valence-electron chi connectivity index (χ2n) is 4.21. The molecule has 100 valence electrons. The van der Waals surface area contributed by atoms with Crippen LogP contribution < -0.4 is 11.5 Å². The van der Waals surface area contributed by atoms with Gasteiger partial charge in [0.1, 0.15) is 17.2 Å². The Hall–Kier alpha value is -1.76. The van der Waals surface area contributed by atoms with Gasteiger partial charge in [-0.25, -0.2) is 0 Å². The van der Waals surface area contributed by atoms with Gasteiger partial charge in [-0.15, -0.1) is 0 Å². The fourth-order valence-electron chi connectivity index (χ4n) is 1.68. The number of amides is 1. The van der Waals surface area contributed by atoms with Crippen molar-refractivity contribution in [3.05, 3.63) is 29.8 Å². The molecule has 1 rings (SSSR count). The highest BCUT2D eigenvalue weighted by Gasteiger charge is 2.53. The Morgan fingerprint density at radius 1 is 1.28 bits per heavy atom. The SMILES string of the molecule is C[C@](N)(C(N)=O)[C@H](c1ccc(O)cc1)C(F)(F)F. The van der Waals surface area contributed by atoms with Crippen LogP contribution in [0.4, 0.5) is 13.2 Å². The van der Waals surface area contributed by atoms with Crippen LogP contribution in [0, 0.1) is 0 Å². The number of aromatic hydroxyl groups is 1. The van der Waals surface area contributed by atoms with E-state index in [9.17, 15) is 18.0 Å². The average Bonchev–Trinajstić information content (AvgIpc) is 2.18. The lowest BCUT2D eigenvalue weighted by molar-refractivity contribution is -0.169. The molecule has 0 unspecified atom stereocenters. The van der Waals surface area contributed by atoms with Crippen LogP contribution in [0.2, 0.25) is 0 Å². The van der Waals surface area contributed by atoms with Gasteiger partial charge in [-0.3, -0.25) is 4.79 Å². The van der Waals surface area contributed by atoms with E-state index in [0.29, 0.717) is 0 Å². The van der Waals surface area contributed by atoms with Crippen LogP contribution in [0.15, 0.2) is 24.3 Å². The fraction of sp³-hybridized carbons (Fsp3) is 0.364. The number of nitrogens with two attached hydrogens (primary N) is 2. The van der Waals surface area contributed by atoms with E-state index in [4.69, 9.17) is 16.6 Å². The Balaban J connectivity index is 3.31. The molecule has 4 nitrogen and oxygen atoms in total. The Morgan fingerprint density at radius 3 is 2.06 bits per heavy atom.